The number of phenolic OH excluding ortho intramolecular Hbond substituents is 1. The van der Waals surface area contributed by atoms with E-state index in [0.29, 0.717) is 5.56 Å². The molecule has 3 rings (SSSR count). The predicted molar refractivity (Wildman–Crippen MR) is 170 cm³/mol. The van der Waals surface area contributed by atoms with E-state index in [0.717, 1.165) is 16.4 Å². The molecule has 14 heteroatoms. The molecule has 1 saturated heterocycles. The molecule has 1 heterocycles. The van der Waals surface area contributed by atoms with Gasteiger partial charge in [0.15, 0.2) is 0 Å². The van der Waals surface area contributed by atoms with Gasteiger partial charge in [-0.2, -0.15) is 0 Å². The van der Waals surface area contributed by atoms with Crippen LogP contribution < -0.4 is 27.0 Å². The molecule has 8 N–H and O–H groups in total. The molecule has 0 bridgehead atoms. The van der Waals surface area contributed by atoms with Crippen molar-refractivity contribution in [2.45, 2.75) is 74.2 Å². The highest BCUT2D eigenvalue weighted by atomic mass is 33.1. The number of aliphatic carboxylic acids is 1. The maximum absolute atomic E-state index is 13.5. The van der Waals surface area contributed by atoms with Gasteiger partial charge in [0.2, 0.25) is 23.6 Å². The van der Waals surface area contributed by atoms with Crippen LogP contribution in [-0.4, -0.2) is 80.0 Å². The minimum absolute atomic E-state index is 0.0718. The van der Waals surface area contributed by atoms with Crippen LogP contribution in [0.4, 0.5) is 0 Å². The molecular formula is C30H39N5O7S2. The Morgan fingerprint density at radius 1 is 0.932 bits per heavy atom. The number of rotatable bonds is 7. The fourth-order valence-electron chi connectivity index (χ4n) is 4.44. The molecule has 4 atom stereocenters. The second kappa shape index (κ2) is 14.8. The first-order valence-corrected chi connectivity index (χ1v) is 16.1. The zero-order chi connectivity index (χ0) is 32.7. The van der Waals surface area contributed by atoms with Crippen molar-refractivity contribution < 1.29 is 34.2 Å². The summed E-state index contributed by atoms with van der Waals surface area (Å²) in [7, 11) is 2.32. The van der Waals surface area contributed by atoms with Crippen molar-refractivity contribution in [3.05, 3.63) is 65.7 Å². The Balaban J connectivity index is 1.88. The summed E-state index contributed by atoms with van der Waals surface area (Å²) in [4.78, 5) is 65.4. The highest BCUT2D eigenvalue weighted by Crippen LogP contribution is 2.46. The van der Waals surface area contributed by atoms with Gasteiger partial charge in [0.05, 0.1) is 17.3 Å². The van der Waals surface area contributed by atoms with Crippen LogP contribution in [0.2, 0.25) is 0 Å². The van der Waals surface area contributed by atoms with E-state index in [4.69, 9.17) is 5.73 Å². The quantitative estimate of drug-likeness (QED) is 0.214. The van der Waals surface area contributed by atoms with Gasteiger partial charge < -0.3 is 37.2 Å². The molecule has 0 aromatic heterocycles. The minimum atomic E-state index is -1.36. The number of amides is 4. The molecule has 0 saturated carbocycles. The third-order valence-electron chi connectivity index (χ3n) is 7.03. The number of aromatic hydroxyl groups is 1. The fourth-order valence-corrected chi connectivity index (χ4v) is 7.26. The average Bonchev–Trinajstić information content (AvgIpc) is 2.96. The Hall–Kier alpha value is -3.75. The van der Waals surface area contributed by atoms with Crippen molar-refractivity contribution in [3.63, 3.8) is 0 Å². The first-order valence-electron chi connectivity index (χ1n) is 13.9. The van der Waals surface area contributed by atoms with E-state index in [1.165, 1.54) is 22.9 Å². The van der Waals surface area contributed by atoms with E-state index in [1.807, 2.05) is 0 Å². The lowest BCUT2D eigenvalue weighted by molar-refractivity contribution is -0.143. The average molecular weight is 646 g/mol. The third-order valence-corrected chi connectivity index (χ3v) is 11.3. The van der Waals surface area contributed by atoms with Gasteiger partial charge in [-0.3, -0.25) is 19.2 Å². The number of carbonyl (C=O) groups excluding carboxylic acids is 4. The van der Waals surface area contributed by atoms with Crippen molar-refractivity contribution in [3.8, 4) is 5.75 Å². The molecule has 0 spiro atoms. The molecule has 2 aromatic carbocycles. The Morgan fingerprint density at radius 2 is 1.55 bits per heavy atom. The summed E-state index contributed by atoms with van der Waals surface area (Å²) in [6.07, 6.45) is 0.229. The second-order valence-corrected chi connectivity index (χ2v) is 15.0. The van der Waals surface area contributed by atoms with Gasteiger partial charge in [-0.25, -0.2) is 4.79 Å². The van der Waals surface area contributed by atoms with Crippen LogP contribution in [0, 0.1) is 0 Å². The number of hydrogen-bond acceptors (Lipinski definition) is 9. The number of phenols is 1. The van der Waals surface area contributed by atoms with E-state index >= 15 is 0 Å². The molecule has 1 aliphatic rings. The summed E-state index contributed by atoms with van der Waals surface area (Å²) < 4.78 is -2.14. The molecular weight excluding hydrogens is 606 g/mol. The van der Waals surface area contributed by atoms with Crippen LogP contribution >= 0.6 is 21.6 Å². The minimum Gasteiger partial charge on any atom is -0.508 e. The molecule has 4 amide bonds. The molecule has 238 valence electrons. The van der Waals surface area contributed by atoms with Crippen LogP contribution in [0.3, 0.4) is 0 Å². The number of carbonyl (C=O) groups is 5. The normalized spacial score (nSPS) is 23.2. The predicted octanol–water partition coefficient (Wildman–Crippen LogP) is 1.11. The summed E-state index contributed by atoms with van der Waals surface area (Å²) in [6, 6.07) is 10.5. The Morgan fingerprint density at radius 3 is 2.16 bits per heavy atom. The lowest BCUT2D eigenvalue weighted by atomic mass is 10.00. The van der Waals surface area contributed by atoms with E-state index in [-0.39, 0.29) is 18.6 Å². The Kier molecular flexibility index (Phi) is 11.7. The van der Waals surface area contributed by atoms with Crippen LogP contribution in [0.15, 0.2) is 54.6 Å². The van der Waals surface area contributed by atoms with Crippen molar-refractivity contribution in [1.29, 1.82) is 0 Å². The maximum Gasteiger partial charge on any atom is 0.327 e. The number of benzene rings is 2. The van der Waals surface area contributed by atoms with Crippen molar-refractivity contribution >= 4 is 51.2 Å². The highest BCUT2D eigenvalue weighted by Gasteiger charge is 2.44. The van der Waals surface area contributed by atoms with Gasteiger partial charge in [-0.15, -0.1) is 0 Å². The maximum atomic E-state index is 13.5. The number of hydrogen-bond donors (Lipinski definition) is 7. The van der Waals surface area contributed by atoms with Gasteiger partial charge in [-0.1, -0.05) is 64.1 Å². The molecule has 0 radical (unpaired) electrons. The van der Waals surface area contributed by atoms with Crippen LogP contribution in [0.25, 0.3) is 0 Å². The SMILES string of the molecule is CC1(C)SSC(C)(C)[C@H](NC(=O)[C@H](N)Cc2ccc(O)cc2)C(=O)NCC(=O)N[C@H](Cc2ccccc2)C(=O)N[C@@H]1C(=O)O. The van der Waals surface area contributed by atoms with E-state index in [2.05, 4.69) is 21.3 Å². The third kappa shape index (κ3) is 9.63. The molecule has 44 heavy (non-hydrogen) atoms. The van der Waals surface area contributed by atoms with Gasteiger partial charge in [0.1, 0.15) is 23.9 Å². The smallest absolute Gasteiger partial charge is 0.327 e. The summed E-state index contributed by atoms with van der Waals surface area (Å²) >= 11 is 0. The second-order valence-electron chi connectivity index (χ2n) is 11.6. The molecule has 0 aliphatic carbocycles. The topological polar surface area (TPSA) is 200 Å². The van der Waals surface area contributed by atoms with Crippen LogP contribution in [0.5, 0.6) is 5.75 Å². The monoisotopic (exact) mass is 645 g/mol. The number of nitrogens with one attached hydrogen (secondary N) is 4. The fraction of sp³-hybridized carbons (Fsp3) is 0.433. The van der Waals surface area contributed by atoms with Gasteiger partial charge in [0.25, 0.3) is 0 Å². The summed E-state index contributed by atoms with van der Waals surface area (Å²) in [5.41, 5.74) is 7.61. The largest absolute Gasteiger partial charge is 0.508 e. The lowest BCUT2D eigenvalue weighted by Crippen LogP contribution is -2.61. The van der Waals surface area contributed by atoms with Gasteiger partial charge >= 0.3 is 5.97 Å². The zero-order valence-corrected chi connectivity index (χ0v) is 26.6. The standard InChI is InChI=1S/C30H39N5O7S2/c1-29(2)23(34-25(38)20(31)14-18-10-12-19(36)13-11-18)27(40)32-16-22(37)33-21(15-17-8-6-5-7-9-17)26(39)35-24(28(41)42)30(3,4)44-43-29/h5-13,20-21,23-24,36H,14-16,31H2,1-4H3,(H,32,40)(H,33,37)(H,34,38)(H,35,39)(H,41,42)/t20-,21-,23-,24-/m1/s1. The van der Waals surface area contributed by atoms with Crippen LogP contribution in [-0.2, 0) is 36.8 Å². The Labute approximate surface area is 264 Å². The van der Waals surface area contributed by atoms with Crippen molar-refractivity contribution in [2.24, 2.45) is 5.73 Å². The van der Waals surface area contributed by atoms with E-state index < -0.39 is 69.8 Å². The zero-order valence-electron chi connectivity index (χ0n) is 25.0. The molecule has 2 aromatic rings. The molecule has 0 unspecified atom stereocenters. The van der Waals surface area contributed by atoms with Gasteiger partial charge in [-0.05, 0) is 57.4 Å². The first kappa shape index (κ1) is 34.7. The van der Waals surface area contributed by atoms with Gasteiger partial charge in [0, 0.05) is 11.2 Å². The summed E-state index contributed by atoms with van der Waals surface area (Å²) in [5.74, 6) is -3.82. The number of nitrogens with two attached hydrogens (primary N) is 1. The van der Waals surface area contributed by atoms with Crippen molar-refractivity contribution in [2.75, 3.05) is 6.54 Å². The molecule has 12 nitrogen and oxygen atoms in total. The van der Waals surface area contributed by atoms with E-state index in [9.17, 15) is 34.2 Å². The highest BCUT2D eigenvalue weighted by molar-refractivity contribution is 8.77. The first-order chi connectivity index (χ1) is 20.6. The molecule has 1 aliphatic heterocycles. The van der Waals surface area contributed by atoms with E-state index in [1.54, 1.807) is 70.2 Å². The number of carboxylic acids is 1. The van der Waals surface area contributed by atoms with Crippen molar-refractivity contribution in [1.82, 2.24) is 21.3 Å². The van der Waals surface area contributed by atoms with Crippen LogP contribution in [0.1, 0.15) is 38.8 Å². The lowest BCUT2D eigenvalue weighted by Gasteiger charge is -2.38. The molecule has 1 fully saturated rings. The Bertz CT molecular complexity index is 1360. The number of carboxylic acid groups (broad SMARTS) is 1. The summed E-state index contributed by atoms with van der Waals surface area (Å²) in [6.45, 7) is 6.21. The summed E-state index contributed by atoms with van der Waals surface area (Å²) in [5, 5.41) is 30.1.